The van der Waals surface area contributed by atoms with Gasteiger partial charge in [-0.15, -0.1) is 0 Å². The van der Waals surface area contributed by atoms with Gasteiger partial charge in [-0.05, 0) is 42.7 Å². The van der Waals surface area contributed by atoms with E-state index in [1.165, 1.54) is 5.56 Å². The van der Waals surface area contributed by atoms with E-state index in [-0.39, 0.29) is 4.90 Å². The SMILES string of the molecule is Cc1ccc(S(=O)(=O)Nc2ccc(C(C)C)cc2)cc1. The summed E-state index contributed by atoms with van der Waals surface area (Å²) in [5.41, 5.74) is 2.79. The normalized spacial score (nSPS) is 11.6. The van der Waals surface area contributed by atoms with Crippen LogP contribution in [0, 0.1) is 6.92 Å². The molecule has 0 aliphatic heterocycles. The molecule has 0 bridgehead atoms. The third-order valence-electron chi connectivity index (χ3n) is 3.16. The van der Waals surface area contributed by atoms with Gasteiger partial charge in [-0.25, -0.2) is 8.42 Å². The molecule has 0 spiro atoms. The highest BCUT2D eigenvalue weighted by Gasteiger charge is 2.13. The van der Waals surface area contributed by atoms with Gasteiger partial charge < -0.3 is 0 Å². The molecule has 4 heteroatoms. The minimum Gasteiger partial charge on any atom is -0.280 e. The largest absolute Gasteiger partial charge is 0.280 e. The number of rotatable bonds is 4. The van der Waals surface area contributed by atoms with Crippen molar-refractivity contribution in [3.8, 4) is 0 Å². The number of sulfonamides is 1. The zero-order valence-corrected chi connectivity index (χ0v) is 12.7. The summed E-state index contributed by atoms with van der Waals surface area (Å²) in [4.78, 5) is 0.274. The number of hydrogen-bond donors (Lipinski definition) is 1. The van der Waals surface area contributed by atoms with Crippen LogP contribution in [0.5, 0.6) is 0 Å². The lowest BCUT2D eigenvalue weighted by Crippen LogP contribution is -2.12. The van der Waals surface area contributed by atoms with E-state index in [4.69, 9.17) is 0 Å². The van der Waals surface area contributed by atoms with Gasteiger partial charge in [0, 0.05) is 5.69 Å². The average molecular weight is 289 g/mol. The number of hydrogen-bond acceptors (Lipinski definition) is 2. The van der Waals surface area contributed by atoms with Crippen LogP contribution in [-0.4, -0.2) is 8.42 Å². The Morgan fingerprint density at radius 3 is 1.95 bits per heavy atom. The number of benzene rings is 2. The molecule has 0 atom stereocenters. The van der Waals surface area contributed by atoms with E-state index >= 15 is 0 Å². The van der Waals surface area contributed by atoms with Crippen LogP contribution >= 0.6 is 0 Å². The molecule has 0 aliphatic rings. The van der Waals surface area contributed by atoms with Crippen LogP contribution in [0.4, 0.5) is 5.69 Å². The zero-order valence-electron chi connectivity index (χ0n) is 11.9. The first-order valence-electron chi connectivity index (χ1n) is 6.58. The van der Waals surface area contributed by atoms with E-state index in [1.807, 2.05) is 19.1 Å². The van der Waals surface area contributed by atoms with E-state index in [0.29, 0.717) is 11.6 Å². The highest BCUT2D eigenvalue weighted by atomic mass is 32.2. The van der Waals surface area contributed by atoms with Gasteiger partial charge in [-0.2, -0.15) is 0 Å². The highest BCUT2D eigenvalue weighted by Crippen LogP contribution is 2.20. The lowest BCUT2D eigenvalue weighted by atomic mass is 10.0. The van der Waals surface area contributed by atoms with E-state index in [9.17, 15) is 8.42 Å². The van der Waals surface area contributed by atoms with Crippen molar-refractivity contribution in [1.29, 1.82) is 0 Å². The third-order valence-corrected chi connectivity index (χ3v) is 4.56. The summed E-state index contributed by atoms with van der Waals surface area (Å²) in [5, 5.41) is 0. The lowest BCUT2D eigenvalue weighted by molar-refractivity contribution is 0.601. The van der Waals surface area contributed by atoms with Crippen molar-refractivity contribution in [2.24, 2.45) is 0 Å². The van der Waals surface area contributed by atoms with Gasteiger partial charge >= 0.3 is 0 Å². The Kier molecular flexibility index (Phi) is 4.14. The smallest absolute Gasteiger partial charge is 0.261 e. The Balaban J connectivity index is 2.22. The van der Waals surface area contributed by atoms with Crippen LogP contribution < -0.4 is 4.72 Å². The molecule has 0 unspecified atom stereocenters. The molecule has 0 saturated carbocycles. The molecule has 0 aliphatic carbocycles. The molecule has 0 saturated heterocycles. The van der Waals surface area contributed by atoms with E-state index in [0.717, 1.165) is 5.56 Å². The summed E-state index contributed by atoms with van der Waals surface area (Å²) in [6.07, 6.45) is 0. The average Bonchev–Trinajstić information content (AvgIpc) is 2.39. The van der Waals surface area contributed by atoms with Gasteiger partial charge in [0.15, 0.2) is 0 Å². The Bertz CT molecular complexity index is 671. The summed E-state index contributed by atoms with van der Waals surface area (Å²) in [7, 11) is -3.51. The zero-order chi connectivity index (χ0) is 14.8. The minimum atomic E-state index is -3.51. The Morgan fingerprint density at radius 2 is 1.45 bits per heavy atom. The standard InChI is InChI=1S/C16H19NO2S/c1-12(2)14-6-8-15(9-7-14)17-20(18,19)16-10-4-13(3)5-11-16/h4-12,17H,1-3H3. The predicted molar refractivity (Wildman–Crippen MR) is 82.5 cm³/mol. The quantitative estimate of drug-likeness (QED) is 0.927. The molecule has 3 nitrogen and oxygen atoms in total. The second kappa shape index (κ2) is 5.67. The second-order valence-electron chi connectivity index (χ2n) is 5.20. The first-order valence-corrected chi connectivity index (χ1v) is 8.06. The molecule has 2 aromatic carbocycles. The van der Waals surface area contributed by atoms with E-state index < -0.39 is 10.0 Å². The molecule has 0 radical (unpaired) electrons. The van der Waals surface area contributed by atoms with Crippen molar-refractivity contribution in [3.05, 3.63) is 59.7 Å². The molecule has 2 aromatic rings. The van der Waals surface area contributed by atoms with Crippen LogP contribution in [-0.2, 0) is 10.0 Å². The summed E-state index contributed by atoms with van der Waals surface area (Å²) >= 11 is 0. The third kappa shape index (κ3) is 3.39. The maximum absolute atomic E-state index is 12.2. The Labute approximate surface area is 120 Å². The van der Waals surface area contributed by atoms with Crippen LogP contribution in [0.15, 0.2) is 53.4 Å². The maximum atomic E-state index is 12.2. The fraction of sp³-hybridized carbons (Fsp3) is 0.250. The molecule has 0 fully saturated rings. The molecule has 20 heavy (non-hydrogen) atoms. The maximum Gasteiger partial charge on any atom is 0.261 e. The van der Waals surface area contributed by atoms with E-state index in [1.54, 1.807) is 36.4 Å². The molecule has 1 N–H and O–H groups in total. The second-order valence-corrected chi connectivity index (χ2v) is 6.88. The van der Waals surface area contributed by atoms with Crippen molar-refractivity contribution in [1.82, 2.24) is 0 Å². The summed E-state index contributed by atoms with van der Waals surface area (Å²) in [6, 6.07) is 14.3. The number of nitrogens with one attached hydrogen (secondary N) is 1. The molecule has 0 heterocycles. The van der Waals surface area contributed by atoms with Gasteiger partial charge in [-0.3, -0.25) is 4.72 Å². The molecule has 106 valence electrons. The van der Waals surface area contributed by atoms with Crippen molar-refractivity contribution in [3.63, 3.8) is 0 Å². The number of anilines is 1. The first kappa shape index (κ1) is 14.6. The van der Waals surface area contributed by atoms with Crippen LogP contribution in [0.2, 0.25) is 0 Å². The molecule has 0 amide bonds. The molecular weight excluding hydrogens is 270 g/mol. The minimum absolute atomic E-state index is 0.274. The monoisotopic (exact) mass is 289 g/mol. The summed E-state index contributed by atoms with van der Waals surface area (Å²) in [6.45, 7) is 6.13. The highest BCUT2D eigenvalue weighted by molar-refractivity contribution is 7.92. The van der Waals surface area contributed by atoms with E-state index in [2.05, 4.69) is 18.6 Å². The van der Waals surface area contributed by atoms with Crippen molar-refractivity contribution < 1.29 is 8.42 Å². The predicted octanol–water partition coefficient (Wildman–Crippen LogP) is 3.92. The van der Waals surface area contributed by atoms with Gasteiger partial charge in [0.2, 0.25) is 0 Å². The van der Waals surface area contributed by atoms with Crippen molar-refractivity contribution >= 4 is 15.7 Å². The van der Waals surface area contributed by atoms with Gasteiger partial charge in [0.25, 0.3) is 10.0 Å². The van der Waals surface area contributed by atoms with Crippen molar-refractivity contribution in [2.45, 2.75) is 31.6 Å². The molecular formula is C16H19NO2S. The summed E-state index contributed by atoms with van der Waals surface area (Å²) < 4.78 is 27.0. The molecule has 0 aromatic heterocycles. The first-order chi connectivity index (χ1) is 9.38. The fourth-order valence-electron chi connectivity index (χ4n) is 1.87. The van der Waals surface area contributed by atoms with Crippen molar-refractivity contribution in [2.75, 3.05) is 4.72 Å². The fourth-order valence-corrected chi connectivity index (χ4v) is 2.93. The Morgan fingerprint density at radius 1 is 0.900 bits per heavy atom. The topological polar surface area (TPSA) is 46.2 Å². The lowest BCUT2D eigenvalue weighted by Gasteiger charge is -2.10. The van der Waals surface area contributed by atoms with Gasteiger partial charge in [0.05, 0.1) is 4.90 Å². The number of aryl methyl sites for hydroxylation is 1. The Hall–Kier alpha value is -1.81. The van der Waals surface area contributed by atoms with Crippen LogP contribution in [0.25, 0.3) is 0 Å². The van der Waals surface area contributed by atoms with Crippen LogP contribution in [0.1, 0.15) is 30.9 Å². The molecule has 2 rings (SSSR count). The van der Waals surface area contributed by atoms with Crippen LogP contribution in [0.3, 0.4) is 0 Å². The summed E-state index contributed by atoms with van der Waals surface area (Å²) in [5.74, 6) is 0.428. The van der Waals surface area contributed by atoms with Gasteiger partial charge in [0.1, 0.15) is 0 Å². The van der Waals surface area contributed by atoms with Gasteiger partial charge in [-0.1, -0.05) is 43.7 Å².